The Hall–Kier alpha value is -14.0. The number of anilines is 5. The van der Waals surface area contributed by atoms with Crippen molar-refractivity contribution in [3.05, 3.63) is 518 Å². The Balaban J connectivity index is 0.000000104. The third-order valence-corrected chi connectivity index (χ3v) is 33.5. The molecule has 12 aromatic carbocycles. The van der Waals surface area contributed by atoms with E-state index in [-0.39, 0.29) is 41.9 Å². The molecule has 4 fully saturated rings. The second-order valence-corrected chi connectivity index (χ2v) is 41.4. The summed E-state index contributed by atoms with van der Waals surface area (Å²) in [6, 6.07) is 117. The first-order chi connectivity index (χ1) is 71.2. The summed E-state index contributed by atoms with van der Waals surface area (Å²) in [4.78, 5) is 24.5. The van der Waals surface area contributed by atoms with Gasteiger partial charge in [-0.15, -0.1) is 0 Å². The van der Waals surface area contributed by atoms with Gasteiger partial charge < -0.3 is 49.0 Å². The fourth-order valence-electron chi connectivity index (χ4n) is 26.8. The molecule has 8 unspecified atom stereocenters. The fourth-order valence-corrected chi connectivity index (χ4v) is 26.8. The summed E-state index contributed by atoms with van der Waals surface area (Å²) in [5.41, 5.74) is 33.6. The molecule has 8 atom stereocenters. The molecule has 10 aliphatic heterocycles. The lowest BCUT2D eigenvalue weighted by Gasteiger charge is -2.51. The van der Waals surface area contributed by atoms with Crippen LogP contribution in [0.1, 0.15) is 246 Å². The van der Waals surface area contributed by atoms with Crippen LogP contribution in [0.2, 0.25) is 0 Å². The Morgan fingerprint density at radius 1 is 0.261 bits per heavy atom. The molecule has 4 saturated carbocycles. The molecule has 0 bridgehead atoms. The van der Waals surface area contributed by atoms with Crippen LogP contribution in [0, 0.1) is 58.3 Å². The van der Waals surface area contributed by atoms with E-state index in [0.29, 0.717) is 11.8 Å². The van der Waals surface area contributed by atoms with Crippen LogP contribution in [-0.2, 0) is 5.54 Å². The van der Waals surface area contributed by atoms with Gasteiger partial charge in [0.05, 0.1) is 57.1 Å². The van der Waals surface area contributed by atoms with Crippen molar-refractivity contribution in [1.29, 1.82) is 0 Å². The third kappa shape index (κ3) is 16.6. The lowest BCUT2D eigenvalue weighted by atomic mass is 9.71. The molecule has 0 spiro atoms. The maximum atomic E-state index is 9.56. The van der Waals surface area contributed by atoms with E-state index in [9.17, 15) is 2.74 Å². The minimum Gasteiger partial charge on any atom is -0.342 e. The summed E-state index contributed by atoms with van der Waals surface area (Å²) in [6.45, 7) is 20.5. The molecule has 14 aliphatic rings. The van der Waals surface area contributed by atoms with E-state index >= 15 is 0 Å². The van der Waals surface area contributed by atoms with Crippen molar-refractivity contribution in [2.24, 2.45) is 23.7 Å². The number of hydrogen-bond donors (Lipinski definition) is 0. The van der Waals surface area contributed by atoms with Gasteiger partial charge in [0, 0.05) is 63.4 Å². The van der Waals surface area contributed by atoms with E-state index in [1.807, 2.05) is 83.8 Å². The molecule has 142 heavy (non-hydrogen) atoms. The monoisotopic (exact) mass is 1870 g/mol. The number of rotatable bonds is 16. The Kier molecular flexibility index (Phi) is 25.0. The van der Waals surface area contributed by atoms with E-state index in [4.69, 9.17) is 2.74 Å². The Morgan fingerprint density at radius 3 is 0.986 bits per heavy atom. The van der Waals surface area contributed by atoms with Gasteiger partial charge in [0.25, 0.3) is 0 Å². The second-order valence-electron chi connectivity index (χ2n) is 41.4. The highest BCUT2D eigenvalue weighted by Crippen LogP contribution is 2.63. The van der Waals surface area contributed by atoms with Crippen LogP contribution in [0.5, 0.6) is 0 Å². The standard InChI is InChI=1S/C31H32N2.C30H36N2.C26H24N2.C25H28N2.C20H20N2/c1-23-13-9-12-20-28(23)32-24(2)29-21-22-31(27-18-10-11-19-27,26-16-7-4-8-17-26)33(29)30(32)25-14-5-3-6-15-25;1-22-12-6-11-19-27(22)31-23(2)28-20-21-30(25-15-7-8-16-25,26-17-9-10-18-26)32(28)29(31)24-13-4-3-5-14-24;1-19-11-9-10-16-23(19)27-20(2)24-17-18-25(21-12-5-3-6-13-21)28(24)26(27)22-14-7-4-8-15-22;1-18-10-6-9-15-22(18)26-19(2)23-16-17-24(20-11-7-8-12-20)27(23)25(26)21-13-4-3-5-14-21;1-15-9-6-7-12-18(15)22-16(2)19-13-8-14-21(19)20(22)17-10-4-3-5-11-17/h3-9,12-17,20-22,27,30H,10-11,18-19H2,1-2H3;3-6,11-14,19-21,25-26,29H,7-10,15-18H2,1-2H3;3-18,25-26H,1-2H3;3-6,9-10,13-17,20,24-25H,7-8,11-12H2,1-2H3;3-13,20H,14H2,1-2H3/i;;25D;24D;14D2. The number of para-hydroxylation sites is 5. The van der Waals surface area contributed by atoms with E-state index in [2.05, 4.69) is 423 Å². The number of benzene rings is 12. The quantitative estimate of drug-likeness (QED) is 0.0933. The first kappa shape index (κ1) is 88.2. The molecule has 4 aliphatic carbocycles. The molecule has 718 valence electrons. The van der Waals surface area contributed by atoms with E-state index in [1.54, 1.807) is 6.08 Å². The number of nitrogens with zero attached hydrogens (tertiary/aromatic N) is 10. The zero-order valence-corrected chi connectivity index (χ0v) is 84.5. The van der Waals surface area contributed by atoms with Crippen molar-refractivity contribution >= 4 is 28.4 Å². The molecule has 10 heterocycles. The minimum atomic E-state index is -1.49. The van der Waals surface area contributed by atoms with Crippen LogP contribution in [0.25, 0.3) is 0 Å². The van der Waals surface area contributed by atoms with Crippen LogP contribution in [-0.4, -0.2) is 42.6 Å². The van der Waals surface area contributed by atoms with Crippen molar-refractivity contribution in [3.63, 3.8) is 0 Å². The summed E-state index contributed by atoms with van der Waals surface area (Å²) in [5, 5.41) is 0. The summed E-state index contributed by atoms with van der Waals surface area (Å²) < 4.78 is 35.9. The number of hydrogen-bond acceptors (Lipinski definition) is 10. The van der Waals surface area contributed by atoms with Gasteiger partial charge in [-0.2, -0.15) is 0 Å². The molecular weight excluding hydrogens is 1730 g/mol. The van der Waals surface area contributed by atoms with Gasteiger partial charge in [-0.1, -0.05) is 385 Å². The van der Waals surface area contributed by atoms with Crippen LogP contribution in [0.15, 0.2) is 451 Å². The normalized spacial score (nSPS) is 25.2. The average molecular weight is 1870 g/mol. The summed E-state index contributed by atoms with van der Waals surface area (Å²) in [7, 11) is 0. The lowest BCUT2D eigenvalue weighted by Crippen LogP contribution is -2.55. The van der Waals surface area contributed by atoms with Gasteiger partial charge >= 0.3 is 0 Å². The van der Waals surface area contributed by atoms with Crippen LogP contribution < -0.4 is 24.5 Å². The number of aryl methyl sites for hydroxylation is 5. The average Bonchev–Trinajstić information content (AvgIpc) is 1.54. The molecule has 0 N–H and O–H groups in total. The highest BCUT2D eigenvalue weighted by atomic mass is 15.5. The second kappa shape index (κ2) is 40.2. The first-order valence-corrected chi connectivity index (χ1v) is 52.7. The Bertz CT molecular complexity index is 7070. The maximum Gasteiger partial charge on any atom is 0.133 e. The molecule has 10 nitrogen and oxygen atoms in total. The van der Waals surface area contributed by atoms with Gasteiger partial charge in [0.2, 0.25) is 0 Å². The fraction of sp³-hybridized carbons (Fsp3) is 0.303. The number of allylic oxidation sites excluding steroid dienone is 10. The van der Waals surface area contributed by atoms with Crippen molar-refractivity contribution < 1.29 is 5.48 Å². The molecule has 0 amide bonds. The smallest absolute Gasteiger partial charge is 0.133 e. The molecule has 0 radical (unpaired) electrons. The molecule has 0 aromatic heterocycles. The summed E-state index contributed by atoms with van der Waals surface area (Å²) in [5.74, 6) is 2.56. The van der Waals surface area contributed by atoms with Gasteiger partial charge in [-0.25, -0.2) is 0 Å². The number of fused-ring (bicyclic) bond motifs is 5. The topological polar surface area (TPSA) is 32.4 Å². The van der Waals surface area contributed by atoms with E-state index in [1.165, 1.54) is 208 Å². The van der Waals surface area contributed by atoms with Gasteiger partial charge in [0.15, 0.2) is 0 Å². The Labute approximate surface area is 851 Å². The molecule has 0 saturated heterocycles. The van der Waals surface area contributed by atoms with Crippen LogP contribution in [0.4, 0.5) is 28.4 Å². The van der Waals surface area contributed by atoms with Gasteiger partial charge in [-0.05, 0) is 272 Å². The molecule has 10 heteroatoms. The van der Waals surface area contributed by atoms with Crippen LogP contribution >= 0.6 is 0 Å². The molecular formula is C132H140N10. The predicted molar refractivity (Wildman–Crippen MR) is 589 cm³/mol. The Morgan fingerprint density at radius 2 is 0.563 bits per heavy atom. The maximum absolute atomic E-state index is 9.56. The predicted octanol–water partition coefficient (Wildman–Crippen LogP) is 32.6. The van der Waals surface area contributed by atoms with Crippen molar-refractivity contribution in [2.75, 3.05) is 31.0 Å². The van der Waals surface area contributed by atoms with Crippen LogP contribution in [0.3, 0.4) is 0 Å². The van der Waals surface area contributed by atoms with E-state index < -0.39 is 18.5 Å². The molecule has 26 rings (SSSR count). The highest BCUT2D eigenvalue weighted by Gasteiger charge is 2.60. The SMILES string of the molecule is CC1=C2C=CC(C3CCCC3)(C3CCCC3)N2C(c2ccccc2)N1c1ccccc1C.CC1=C2C=CC(c3ccccc3)(C3CCCC3)N2C(c2ccccc2)N1c1ccccc1C.[2H]C1(C2CCCC2)C=CC2=C(C)N(c3ccccc3C)C(c3ccccc3)N21.[2H]C1([2H])C=CC2=C(C)N(c3ccccc3C)C(c3ccccc3)N21.[2H]C1(c2ccccc2)C=CC2=C(C)N(c3ccccc3C)C(c3ccccc3)N21. The minimum absolute atomic E-state index is 0.0189. The highest BCUT2D eigenvalue weighted by molar-refractivity contribution is 5.71. The zero-order valence-electron chi connectivity index (χ0n) is 88.5. The van der Waals surface area contributed by atoms with Crippen molar-refractivity contribution in [2.45, 2.75) is 226 Å². The first-order valence-electron chi connectivity index (χ1n) is 54.7. The van der Waals surface area contributed by atoms with E-state index in [0.717, 1.165) is 58.6 Å². The third-order valence-electron chi connectivity index (χ3n) is 33.5. The molecule has 12 aromatic rings. The summed E-state index contributed by atoms with van der Waals surface area (Å²) in [6.07, 6.45) is 43.4. The lowest BCUT2D eigenvalue weighted by molar-refractivity contribution is 0.0414. The van der Waals surface area contributed by atoms with Gasteiger partial charge in [-0.3, -0.25) is 0 Å². The summed E-state index contributed by atoms with van der Waals surface area (Å²) >= 11 is 0. The van der Waals surface area contributed by atoms with Crippen molar-refractivity contribution in [1.82, 2.24) is 24.5 Å². The largest absolute Gasteiger partial charge is 0.342 e. The van der Waals surface area contributed by atoms with Crippen molar-refractivity contribution in [3.8, 4) is 0 Å². The zero-order chi connectivity index (χ0) is 100. The van der Waals surface area contributed by atoms with Gasteiger partial charge in [0.1, 0.15) is 30.8 Å².